The van der Waals surface area contributed by atoms with Crippen LogP contribution in [0.4, 0.5) is 4.39 Å². The van der Waals surface area contributed by atoms with Crippen LogP contribution in [0.5, 0.6) is 0 Å². The number of ketones is 1. The molecule has 5 heteroatoms. The molecule has 0 bridgehead atoms. The van der Waals surface area contributed by atoms with E-state index in [1.807, 2.05) is 30.3 Å². The molecule has 1 aliphatic heterocycles. The fourth-order valence-corrected chi connectivity index (χ4v) is 4.47. The number of carbonyl (C=O) groups is 2. The Morgan fingerprint density at radius 2 is 1.61 bits per heavy atom. The van der Waals surface area contributed by atoms with Gasteiger partial charge in [-0.2, -0.15) is 0 Å². The first-order valence-corrected chi connectivity index (χ1v) is 9.53. The molecule has 4 nitrogen and oxygen atoms in total. The van der Waals surface area contributed by atoms with Crippen LogP contribution in [0.1, 0.15) is 42.2 Å². The largest absolute Gasteiger partial charge is 0.294 e. The average Bonchev–Trinajstić information content (AvgIpc) is 2.67. The Morgan fingerprint density at radius 3 is 2.29 bits per heavy atom. The molecule has 0 saturated heterocycles. The quantitative estimate of drug-likeness (QED) is 0.810. The summed E-state index contributed by atoms with van der Waals surface area (Å²) in [6, 6.07) is 16.3. The third-order valence-corrected chi connectivity index (χ3v) is 5.65. The minimum Gasteiger partial charge on any atom is -0.294 e. The molecule has 0 fully saturated rings. The Kier molecular flexibility index (Phi) is 4.85. The molecule has 28 heavy (non-hydrogen) atoms. The molecule has 0 aromatic heterocycles. The minimum atomic E-state index is -0.524. The van der Waals surface area contributed by atoms with Gasteiger partial charge in [-0.25, -0.2) is 14.4 Å². The lowest BCUT2D eigenvalue weighted by Gasteiger charge is -2.42. The molecule has 2 unspecified atom stereocenters. The Bertz CT molecular complexity index is 952. The summed E-state index contributed by atoms with van der Waals surface area (Å²) >= 11 is 0. The highest BCUT2D eigenvalue weighted by Gasteiger charge is 2.43. The van der Waals surface area contributed by atoms with Gasteiger partial charge in [-0.3, -0.25) is 9.59 Å². The summed E-state index contributed by atoms with van der Waals surface area (Å²) < 4.78 is 14.5. The Labute approximate surface area is 164 Å². The van der Waals surface area contributed by atoms with Gasteiger partial charge >= 0.3 is 0 Å². The van der Waals surface area contributed by atoms with Gasteiger partial charge in [0.25, 0.3) is 0 Å². The van der Waals surface area contributed by atoms with Crippen molar-refractivity contribution in [1.29, 1.82) is 0 Å². The fourth-order valence-electron chi connectivity index (χ4n) is 4.47. The van der Waals surface area contributed by atoms with Crippen LogP contribution in [-0.2, 0) is 9.59 Å². The monoisotopic (exact) mass is 378 g/mol. The summed E-state index contributed by atoms with van der Waals surface area (Å²) in [7, 11) is 3.59. The van der Waals surface area contributed by atoms with Crippen molar-refractivity contribution in [3.8, 4) is 0 Å². The lowest BCUT2D eigenvalue weighted by molar-refractivity contribution is -0.143. The average molecular weight is 378 g/mol. The van der Waals surface area contributed by atoms with Crippen LogP contribution in [0, 0.1) is 5.82 Å². The molecule has 0 N–H and O–H groups in total. The molecule has 0 radical (unpaired) electrons. The predicted molar refractivity (Wildman–Crippen MR) is 105 cm³/mol. The number of rotatable bonds is 3. The minimum absolute atomic E-state index is 0.00251. The van der Waals surface area contributed by atoms with Crippen molar-refractivity contribution in [2.45, 2.75) is 31.1 Å². The number of carbonyl (C=O) groups excluding carboxylic acids is 2. The van der Waals surface area contributed by atoms with Crippen LogP contribution in [0.2, 0.25) is 0 Å². The van der Waals surface area contributed by atoms with E-state index in [9.17, 15) is 14.0 Å². The molecular formula is C23H23FN2O2. The van der Waals surface area contributed by atoms with Crippen molar-refractivity contribution < 1.29 is 14.0 Å². The number of hydrogen-bond acceptors (Lipinski definition) is 3. The highest BCUT2D eigenvalue weighted by atomic mass is 19.1. The van der Waals surface area contributed by atoms with Crippen LogP contribution in [-0.4, -0.2) is 35.8 Å². The van der Waals surface area contributed by atoms with Gasteiger partial charge in [0.2, 0.25) is 5.91 Å². The van der Waals surface area contributed by atoms with E-state index in [4.69, 9.17) is 0 Å². The maximum atomic E-state index is 14.5. The molecule has 2 aromatic carbocycles. The number of allylic oxidation sites excluding steroid dienone is 2. The van der Waals surface area contributed by atoms with Crippen molar-refractivity contribution in [2.24, 2.45) is 0 Å². The molecule has 1 aliphatic carbocycles. The number of Topliss-reactive ketones (excluding diaryl/α,β-unsaturated/α-hetero) is 1. The molecule has 2 aromatic rings. The number of hydrazine groups is 1. The summed E-state index contributed by atoms with van der Waals surface area (Å²) in [5.41, 5.74) is 2.81. The van der Waals surface area contributed by atoms with Crippen LogP contribution < -0.4 is 0 Å². The number of amides is 1. The first-order chi connectivity index (χ1) is 13.5. The summed E-state index contributed by atoms with van der Waals surface area (Å²) in [5.74, 6) is -0.990. The second-order valence-electron chi connectivity index (χ2n) is 7.63. The molecule has 1 amide bonds. The van der Waals surface area contributed by atoms with Crippen LogP contribution in [0.3, 0.4) is 0 Å². The van der Waals surface area contributed by atoms with Crippen molar-refractivity contribution in [3.05, 3.63) is 82.8 Å². The van der Waals surface area contributed by atoms with Crippen molar-refractivity contribution in [2.75, 3.05) is 14.1 Å². The van der Waals surface area contributed by atoms with E-state index in [2.05, 4.69) is 0 Å². The van der Waals surface area contributed by atoms with Crippen LogP contribution >= 0.6 is 0 Å². The SMILES string of the molecule is CN(C)N1C(=O)CC(c2ccccc2F)C2=C1CC(c1ccccc1)CC2=O. The normalized spacial score (nSPS) is 22.6. The maximum absolute atomic E-state index is 14.5. The van der Waals surface area contributed by atoms with Crippen molar-refractivity contribution in [1.82, 2.24) is 10.0 Å². The first kappa shape index (κ1) is 18.6. The summed E-state index contributed by atoms with van der Waals surface area (Å²) in [4.78, 5) is 26.2. The summed E-state index contributed by atoms with van der Waals surface area (Å²) in [5, 5.41) is 3.32. The van der Waals surface area contributed by atoms with Crippen molar-refractivity contribution in [3.63, 3.8) is 0 Å². The van der Waals surface area contributed by atoms with E-state index in [0.29, 0.717) is 29.7 Å². The zero-order valence-corrected chi connectivity index (χ0v) is 16.1. The van der Waals surface area contributed by atoms with Gasteiger partial charge in [0, 0.05) is 44.1 Å². The summed E-state index contributed by atoms with van der Waals surface area (Å²) in [6.07, 6.45) is 1.06. The van der Waals surface area contributed by atoms with Gasteiger partial charge in [0.05, 0.1) is 0 Å². The number of hydrogen-bond donors (Lipinski definition) is 0. The molecular weight excluding hydrogens is 355 g/mol. The zero-order chi connectivity index (χ0) is 19.8. The number of nitrogens with zero attached hydrogens (tertiary/aromatic N) is 2. The van der Waals surface area contributed by atoms with E-state index in [1.54, 1.807) is 42.3 Å². The molecule has 0 saturated carbocycles. The lowest BCUT2D eigenvalue weighted by atomic mass is 9.73. The lowest BCUT2D eigenvalue weighted by Crippen LogP contribution is -2.48. The van der Waals surface area contributed by atoms with E-state index in [0.717, 1.165) is 5.56 Å². The van der Waals surface area contributed by atoms with Gasteiger partial charge in [-0.15, -0.1) is 0 Å². The highest BCUT2D eigenvalue weighted by Crippen LogP contribution is 2.46. The second-order valence-corrected chi connectivity index (χ2v) is 7.63. The Morgan fingerprint density at radius 1 is 0.929 bits per heavy atom. The van der Waals surface area contributed by atoms with E-state index >= 15 is 0 Å². The van der Waals surface area contributed by atoms with Gasteiger partial charge in [-0.05, 0) is 29.5 Å². The molecule has 2 atom stereocenters. The third kappa shape index (κ3) is 3.16. The topological polar surface area (TPSA) is 40.6 Å². The molecule has 1 heterocycles. The second kappa shape index (κ2) is 7.32. The Balaban J connectivity index is 1.83. The first-order valence-electron chi connectivity index (χ1n) is 9.53. The van der Waals surface area contributed by atoms with Crippen LogP contribution in [0.25, 0.3) is 0 Å². The van der Waals surface area contributed by atoms with Gasteiger partial charge in [0.1, 0.15) is 5.82 Å². The summed E-state index contributed by atoms with van der Waals surface area (Å²) in [6.45, 7) is 0. The predicted octanol–water partition coefficient (Wildman–Crippen LogP) is 4.02. The number of halogens is 1. The third-order valence-electron chi connectivity index (χ3n) is 5.65. The number of benzene rings is 2. The molecule has 4 rings (SSSR count). The zero-order valence-electron chi connectivity index (χ0n) is 16.1. The van der Waals surface area contributed by atoms with Crippen molar-refractivity contribution >= 4 is 11.7 Å². The van der Waals surface area contributed by atoms with Crippen LogP contribution in [0.15, 0.2) is 65.9 Å². The van der Waals surface area contributed by atoms with Gasteiger partial charge < -0.3 is 0 Å². The maximum Gasteiger partial charge on any atom is 0.242 e. The molecule has 0 spiro atoms. The van der Waals surface area contributed by atoms with E-state index < -0.39 is 5.92 Å². The van der Waals surface area contributed by atoms with Gasteiger partial charge in [0.15, 0.2) is 5.78 Å². The van der Waals surface area contributed by atoms with E-state index in [1.165, 1.54) is 6.07 Å². The highest BCUT2D eigenvalue weighted by molar-refractivity contribution is 6.02. The molecule has 144 valence electrons. The molecule has 2 aliphatic rings. The van der Waals surface area contributed by atoms with Gasteiger partial charge in [-0.1, -0.05) is 48.5 Å². The smallest absolute Gasteiger partial charge is 0.242 e. The fraction of sp³-hybridized carbons (Fsp3) is 0.304. The van der Waals surface area contributed by atoms with E-state index in [-0.39, 0.29) is 29.8 Å². The Hall–Kier alpha value is -2.79. The standard InChI is InChI=1S/C23H23FN2O2/c1-25(2)26-20-12-16(15-8-4-3-5-9-15)13-21(27)23(20)18(14-22(26)28)17-10-6-7-11-19(17)24/h3-11,16,18H,12-14H2,1-2H3.